The molecule has 0 radical (unpaired) electrons. The average Bonchev–Trinajstić information content (AvgIpc) is 3.40. The summed E-state index contributed by atoms with van der Waals surface area (Å²) in [5, 5.41) is 7.56. The van der Waals surface area contributed by atoms with Gasteiger partial charge in [-0.25, -0.2) is 15.0 Å². The molecule has 1 fully saturated rings. The molecule has 0 bridgehead atoms. The van der Waals surface area contributed by atoms with Gasteiger partial charge in [0.25, 0.3) is 0 Å². The van der Waals surface area contributed by atoms with E-state index in [2.05, 4.69) is 25.2 Å². The van der Waals surface area contributed by atoms with Gasteiger partial charge in [0.2, 0.25) is 11.8 Å². The minimum absolute atomic E-state index is 0.0816. The fraction of sp³-hybridized carbons (Fsp3) is 0.350. The fourth-order valence-electron chi connectivity index (χ4n) is 3.32. The first-order valence-corrected chi connectivity index (χ1v) is 11.4. The summed E-state index contributed by atoms with van der Waals surface area (Å²) >= 11 is 3.04. The molecule has 4 rings (SSSR count). The Morgan fingerprint density at radius 1 is 1.13 bits per heavy atom. The van der Waals surface area contributed by atoms with Crippen molar-refractivity contribution in [2.24, 2.45) is 0 Å². The van der Waals surface area contributed by atoms with Crippen LogP contribution >= 0.6 is 22.7 Å². The van der Waals surface area contributed by atoms with Crippen LogP contribution in [0.1, 0.15) is 13.3 Å². The molecule has 0 aromatic carbocycles. The number of thiazole rings is 1. The van der Waals surface area contributed by atoms with Crippen molar-refractivity contribution in [1.29, 1.82) is 0 Å². The number of hydrogen-bond acceptors (Lipinski definition) is 8. The number of anilines is 1. The molecular weight excluding hydrogens is 420 g/mol. The third-order valence-corrected chi connectivity index (χ3v) is 6.45. The normalized spacial score (nSPS) is 15.0. The van der Waals surface area contributed by atoms with Gasteiger partial charge in [0.15, 0.2) is 5.82 Å². The molecule has 0 spiro atoms. The minimum atomic E-state index is -0.132. The SMILES string of the molecule is CC(=O)N1CCCN(CC(=O)Nc2cc(-c3nccs3)nc(-c3cccs3)n2)CC1. The van der Waals surface area contributed by atoms with Gasteiger partial charge >= 0.3 is 0 Å². The van der Waals surface area contributed by atoms with Crippen molar-refractivity contribution in [2.75, 3.05) is 38.0 Å². The molecule has 4 heterocycles. The molecule has 0 unspecified atom stereocenters. The Balaban J connectivity index is 1.48. The van der Waals surface area contributed by atoms with Crippen molar-refractivity contribution in [3.63, 3.8) is 0 Å². The fourth-order valence-corrected chi connectivity index (χ4v) is 4.57. The molecule has 3 aromatic rings. The lowest BCUT2D eigenvalue weighted by molar-refractivity contribution is -0.128. The van der Waals surface area contributed by atoms with Crippen LogP contribution in [0, 0.1) is 0 Å². The van der Waals surface area contributed by atoms with E-state index in [9.17, 15) is 9.59 Å². The van der Waals surface area contributed by atoms with Gasteiger partial charge in [-0.1, -0.05) is 6.07 Å². The number of nitrogens with one attached hydrogen (secondary N) is 1. The number of carbonyl (C=O) groups is 2. The molecule has 8 nitrogen and oxygen atoms in total. The highest BCUT2D eigenvalue weighted by Gasteiger charge is 2.19. The minimum Gasteiger partial charge on any atom is -0.342 e. The van der Waals surface area contributed by atoms with Crippen LogP contribution in [0.5, 0.6) is 0 Å². The van der Waals surface area contributed by atoms with Crippen LogP contribution in [-0.4, -0.2) is 69.3 Å². The zero-order valence-electron chi connectivity index (χ0n) is 16.6. The van der Waals surface area contributed by atoms with Crippen molar-refractivity contribution in [1.82, 2.24) is 24.8 Å². The van der Waals surface area contributed by atoms with Crippen LogP contribution in [0.25, 0.3) is 21.4 Å². The summed E-state index contributed by atoms with van der Waals surface area (Å²) in [6.45, 7) is 4.69. The second kappa shape index (κ2) is 9.41. The molecule has 1 saturated heterocycles. The second-order valence-corrected chi connectivity index (χ2v) is 8.80. The lowest BCUT2D eigenvalue weighted by Crippen LogP contribution is -2.37. The van der Waals surface area contributed by atoms with Gasteiger partial charge in [-0.05, 0) is 17.9 Å². The predicted octanol–water partition coefficient (Wildman–Crippen LogP) is 2.82. The van der Waals surface area contributed by atoms with E-state index in [-0.39, 0.29) is 18.4 Å². The lowest BCUT2D eigenvalue weighted by Gasteiger charge is -2.20. The maximum atomic E-state index is 12.7. The summed E-state index contributed by atoms with van der Waals surface area (Å²) in [5.74, 6) is 0.981. The quantitative estimate of drug-likeness (QED) is 0.653. The molecule has 3 aromatic heterocycles. The Labute approximate surface area is 182 Å². The molecule has 10 heteroatoms. The highest BCUT2D eigenvalue weighted by Crippen LogP contribution is 2.27. The van der Waals surface area contributed by atoms with E-state index in [4.69, 9.17) is 0 Å². The monoisotopic (exact) mass is 442 g/mol. The lowest BCUT2D eigenvalue weighted by atomic mass is 10.3. The maximum Gasteiger partial charge on any atom is 0.239 e. The van der Waals surface area contributed by atoms with Crippen LogP contribution in [0.3, 0.4) is 0 Å². The molecule has 1 N–H and O–H groups in total. The van der Waals surface area contributed by atoms with E-state index in [1.165, 1.54) is 11.3 Å². The van der Waals surface area contributed by atoms with Crippen LogP contribution in [0.15, 0.2) is 35.2 Å². The summed E-state index contributed by atoms with van der Waals surface area (Å²) in [4.78, 5) is 42.6. The summed E-state index contributed by atoms with van der Waals surface area (Å²) in [5.41, 5.74) is 0.686. The molecule has 0 saturated carbocycles. The van der Waals surface area contributed by atoms with Gasteiger partial charge in [-0.3, -0.25) is 14.5 Å². The van der Waals surface area contributed by atoms with E-state index in [0.29, 0.717) is 30.4 Å². The molecule has 2 amide bonds. The summed E-state index contributed by atoms with van der Waals surface area (Å²) < 4.78 is 0. The van der Waals surface area contributed by atoms with Gasteiger partial charge in [0, 0.05) is 50.7 Å². The smallest absolute Gasteiger partial charge is 0.239 e. The van der Waals surface area contributed by atoms with Crippen molar-refractivity contribution in [2.45, 2.75) is 13.3 Å². The largest absolute Gasteiger partial charge is 0.342 e. The Morgan fingerprint density at radius 2 is 2.03 bits per heavy atom. The van der Waals surface area contributed by atoms with Crippen LogP contribution in [0.4, 0.5) is 5.82 Å². The molecular formula is C20H22N6O2S2. The van der Waals surface area contributed by atoms with Gasteiger partial charge in [-0.2, -0.15) is 0 Å². The topological polar surface area (TPSA) is 91.3 Å². The molecule has 1 aliphatic rings. The number of carbonyl (C=O) groups excluding carboxylic acids is 2. The van der Waals surface area contributed by atoms with Gasteiger partial charge in [-0.15, -0.1) is 22.7 Å². The van der Waals surface area contributed by atoms with E-state index in [0.717, 1.165) is 29.4 Å². The third kappa shape index (κ3) is 5.07. The Hall–Kier alpha value is -2.69. The van der Waals surface area contributed by atoms with Crippen molar-refractivity contribution >= 4 is 40.3 Å². The van der Waals surface area contributed by atoms with E-state index in [1.54, 1.807) is 30.5 Å². The number of aromatic nitrogens is 3. The van der Waals surface area contributed by atoms with Crippen molar-refractivity contribution in [3.8, 4) is 21.4 Å². The van der Waals surface area contributed by atoms with E-state index >= 15 is 0 Å². The summed E-state index contributed by atoms with van der Waals surface area (Å²) in [7, 11) is 0. The number of thiophene rings is 1. The van der Waals surface area contributed by atoms with Crippen molar-refractivity contribution in [3.05, 3.63) is 35.2 Å². The van der Waals surface area contributed by atoms with Crippen LogP contribution in [0.2, 0.25) is 0 Å². The van der Waals surface area contributed by atoms with Gasteiger partial charge < -0.3 is 10.2 Å². The average molecular weight is 443 g/mol. The van der Waals surface area contributed by atoms with Crippen molar-refractivity contribution < 1.29 is 9.59 Å². The zero-order valence-corrected chi connectivity index (χ0v) is 18.2. The Kier molecular flexibility index (Phi) is 6.46. The molecule has 0 atom stereocenters. The molecule has 0 aliphatic carbocycles. The maximum absolute atomic E-state index is 12.7. The number of hydrogen-bond donors (Lipinski definition) is 1. The second-order valence-electron chi connectivity index (χ2n) is 6.96. The first-order valence-electron chi connectivity index (χ1n) is 9.69. The number of nitrogens with zero attached hydrogens (tertiary/aromatic N) is 5. The summed E-state index contributed by atoms with van der Waals surface area (Å²) in [6.07, 6.45) is 2.59. The standard InChI is InChI=1S/C20H22N6O2S2/c1-14(27)26-7-3-6-25(8-9-26)13-18(28)23-17-12-15(20-21-5-11-30-20)22-19(24-17)16-4-2-10-29-16/h2,4-5,10-12H,3,6-9,13H2,1H3,(H,22,23,24,28). The Bertz CT molecular complexity index is 954. The first-order chi connectivity index (χ1) is 14.6. The number of amides is 2. The van der Waals surface area contributed by atoms with Crippen LogP contribution in [-0.2, 0) is 9.59 Å². The van der Waals surface area contributed by atoms with Gasteiger partial charge in [0.1, 0.15) is 16.5 Å². The zero-order chi connectivity index (χ0) is 20.9. The predicted molar refractivity (Wildman–Crippen MR) is 118 cm³/mol. The molecule has 1 aliphatic heterocycles. The number of rotatable bonds is 5. The highest BCUT2D eigenvalue weighted by molar-refractivity contribution is 7.13. The summed E-state index contributed by atoms with van der Waals surface area (Å²) in [6, 6.07) is 5.66. The molecule has 156 valence electrons. The first kappa shape index (κ1) is 20.6. The van der Waals surface area contributed by atoms with E-state index in [1.807, 2.05) is 27.8 Å². The third-order valence-electron chi connectivity index (χ3n) is 4.79. The van der Waals surface area contributed by atoms with Gasteiger partial charge in [0.05, 0.1) is 11.4 Å². The van der Waals surface area contributed by atoms with Crippen LogP contribution < -0.4 is 5.32 Å². The Morgan fingerprint density at radius 3 is 2.77 bits per heavy atom. The van der Waals surface area contributed by atoms with E-state index < -0.39 is 0 Å². The molecule has 30 heavy (non-hydrogen) atoms. The highest BCUT2D eigenvalue weighted by atomic mass is 32.1.